The van der Waals surface area contributed by atoms with Gasteiger partial charge >= 0.3 is 12.1 Å². The molecule has 220 valence electrons. The third-order valence-electron chi connectivity index (χ3n) is 9.92. The van der Waals surface area contributed by atoms with Gasteiger partial charge in [-0.15, -0.1) is 0 Å². The summed E-state index contributed by atoms with van der Waals surface area (Å²) in [6.07, 6.45) is 6.67. The Morgan fingerprint density at radius 2 is 1.66 bits per heavy atom. The number of anilines is 1. The summed E-state index contributed by atoms with van der Waals surface area (Å²) in [6, 6.07) is 10.7. The molecule has 41 heavy (non-hydrogen) atoms. The molecule has 0 radical (unpaired) electrons. The van der Waals surface area contributed by atoms with E-state index < -0.39 is 17.1 Å². The minimum absolute atomic E-state index is 0.119. The number of aromatic nitrogens is 2. The number of amides is 3. The van der Waals surface area contributed by atoms with Crippen LogP contribution in [0.2, 0.25) is 0 Å². The summed E-state index contributed by atoms with van der Waals surface area (Å²) < 4.78 is 1.54. The molecule has 3 amide bonds. The lowest BCUT2D eigenvalue weighted by Gasteiger charge is -2.53. The van der Waals surface area contributed by atoms with Crippen LogP contribution in [0.25, 0.3) is 0 Å². The molecule has 3 saturated heterocycles. The number of benzene rings is 1. The second-order valence-electron chi connectivity index (χ2n) is 12.2. The Hall–Kier alpha value is -3.60. The number of carbonyl (C=O) groups excluding carboxylic acids is 1. The summed E-state index contributed by atoms with van der Waals surface area (Å²) in [5.41, 5.74) is -0.912. The number of likely N-dealkylation sites (tertiary alicyclic amines) is 1. The normalized spacial score (nSPS) is 26.1. The molecule has 0 bridgehead atoms. The number of aliphatic hydroxyl groups is 1. The fourth-order valence-corrected chi connectivity index (χ4v) is 7.53. The topological polar surface area (TPSA) is 122 Å². The first-order valence-corrected chi connectivity index (χ1v) is 14.9. The number of piperidine rings is 1. The molecule has 2 N–H and O–H groups in total. The number of urea groups is 1. The zero-order valence-electron chi connectivity index (χ0n) is 23.5. The highest BCUT2D eigenvalue weighted by Crippen LogP contribution is 2.52. The van der Waals surface area contributed by atoms with Crippen LogP contribution in [0.3, 0.4) is 0 Å². The lowest BCUT2D eigenvalue weighted by Crippen LogP contribution is -2.64. The molecule has 1 saturated carbocycles. The fraction of sp³-hybridized carbons (Fsp3) is 0.600. The smallest absolute Gasteiger partial charge is 0.407 e. The van der Waals surface area contributed by atoms with Gasteiger partial charge in [-0.3, -0.25) is 9.36 Å². The van der Waals surface area contributed by atoms with Crippen LogP contribution in [-0.2, 0) is 6.54 Å². The minimum atomic E-state index is -1.14. The van der Waals surface area contributed by atoms with Gasteiger partial charge in [0.25, 0.3) is 5.56 Å². The van der Waals surface area contributed by atoms with Crippen molar-refractivity contribution in [1.29, 1.82) is 0 Å². The lowest BCUT2D eigenvalue weighted by atomic mass is 9.66. The Balaban J connectivity index is 1.22. The van der Waals surface area contributed by atoms with E-state index >= 15 is 0 Å². The Morgan fingerprint density at radius 3 is 2.34 bits per heavy atom. The van der Waals surface area contributed by atoms with E-state index in [-0.39, 0.29) is 37.3 Å². The standard InChI is InChI=1S/C30H40N6O5/c37-26-18-25(32-13-6-7-14-32)31-22-35(26)21-30(41)12-15-34(20-29(30)10-4-5-11-29)27(38)36-17-16-33(28(39)40)19-24(36)23-8-2-1-3-9-23/h1-3,8-9,18,22,24,41H,4-7,10-17,19-21H2,(H,39,40). The Labute approximate surface area is 240 Å². The second kappa shape index (κ2) is 11.0. The van der Waals surface area contributed by atoms with Gasteiger partial charge in [0.2, 0.25) is 0 Å². The van der Waals surface area contributed by atoms with Gasteiger partial charge < -0.3 is 29.8 Å². The maximum absolute atomic E-state index is 14.1. The van der Waals surface area contributed by atoms with E-state index in [1.807, 2.05) is 35.2 Å². The fourth-order valence-electron chi connectivity index (χ4n) is 7.53. The molecule has 1 aromatic carbocycles. The average Bonchev–Trinajstić information content (AvgIpc) is 3.69. The summed E-state index contributed by atoms with van der Waals surface area (Å²) in [4.78, 5) is 50.6. The van der Waals surface area contributed by atoms with Crippen LogP contribution in [-0.4, -0.2) is 98.0 Å². The summed E-state index contributed by atoms with van der Waals surface area (Å²) in [5.74, 6) is 0.697. The van der Waals surface area contributed by atoms with E-state index in [0.717, 1.165) is 57.2 Å². The second-order valence-corrected chi connectivity index (χ2v) is 12.2. The molecule has 2 aromatic rings. The first-order chi connectivity index (χ1) is 19.8. The molecule has 4 aliphatic rings. The highest BCUT2D eigenvalue weighted by Gasteiger charge is 2.56. The minimum Gasteiger partial charge on any atom is -0.465 e. The van der Waals surface area contributed by atoms with Crippen LogP contribution in [0, 0.1) is 5.41 Å². The van der Waals surface area contributed by atoms with Crippen molar-refractivity contribution >= 4 is 17.9 Å². The number of carboxylic acid groups (broad SMARTS) is 1. The van der Waals surface area contributed by atoms with Crippen molar-refractivity contribution in [3.05, 3.63) is 58.6 Å². The lowest BCUT2D eigenvalue weighted by molar-refractivity contribution is -0.137. The van der Waals surface area contributed by atoms with Crippen LogP contribution in [0.4, 0.5) is 15.4 Å². The molecule has 1 spiro atoms. The summed E-state index contributed by atoms with van der Waals surface area (Å²) in [7, 11) is 0. The van der Waals surface area contributed by atoms with Crippen LogP contribution in [0.1, 0.15) is 56.6 Å². The van der Waals surface area contributed by atoms with Gasteiger partial charge in [0.05, 0.1) is 24.5 Å². The number of hydrogen-bond donors (Lipinski definition) is 2. The number of carbonyl (C=O) groups is 2. The maximum Gasteiger partial charge on any atom is 0.407 e. The Bertz CT molecular complexity index is 1320. The molecule has 11 nitrogen and oxygen atoms in total. The molecule has 11 heteroatoms. The molecular formula is C30H40N6O5. The van der Waals surface area contributed by atoms with E-state index in [1.54, 1.807) is 17.3 Å². The van der Waals surface area contributed by atoms with Crippen molar-refractivity contribution in [3.63, 3.8) is 0 Å². The first kappa shape index (κ1) is 27.6. The largest absolute Gasteiger partial charge is 0.465 e. The van der Waals surface area contributed by atoms with E-state index in [1.165, 1.54) is 9.47 Å². The maximum atomic E-state index is 14.1. The van der Waals surface area contributed by atoms with Gasteiger partial charge in [-0.05, 0) is 37.7 Å². The van der Waals surface area contributed by atoms with Crippen LogP contribution < -0.4 is 10.5 Å². The van der Waals surface area contributed by atoms with Gasteiger partial charge in [0.15, 0.2) is 0 Å². The van der Waals surface area contributed by atoms with E-state index in [9.17, 15) is 24.6 Å². The zero-order chi connectivity index (χ0) is 28.6. The van der Waals surface area contributed by atoms with E-state index in [4.69, 9.17) is 0 Å². The van der Waals surface area contributed by atoms with E-state index in [0.29, 0.717) is 31.9 Å². The number of rotatable bonds is 4. The molecule has 2 unspecified atom stereocenters. The van der Waals surface area contributed by atoms with Gasteiger partial charge in [-0.2, -0.15) is 0 Å². The summed E-state index contributed by atoms with van der Waals surface area (Å²) in [5, 5.41) is 21.8. The van der Waals surface area contributed by atoms with Crippen molar-refractivity contribution in [2.75, 3.05) is 50.7 Å². The third kappa shape index (κ3) is 5.16. The Morgan fingerprint density at radius 1 is 0.927 bits per heavy atom. The number of piperazine rings is 1. The van der Waals surface area contributed by atoms with Gasteiger partial charge in [-0.25, -0.2) is 14.6 Å². The van der Waals surface area contributed by atoms with Crippen molar-refractivity contribution in [1.82, 2.24) is 24.3 Å². The van der Waals surface area contributed by atoms with Crippen molar-refractivity contribution in [2.24, 2.45) is 5.41 Å². The molecule has 3 aliphatic heterocycles. The quantitative estimate of drug-likeness (QED) is 0.585. The SMILES string of the molecule is O=C(O)N1CCN(C(=O)N2CCC(O)(Cn3cnc(N4CCCC4)cc3=O)C3(CCCC3)C2)C(c2ccccc2)C1. The molecular weight excluding hydrogens is 524 g/mol. The third-order valence-corrected chi connectivity index (χ3v) is 9.92. The molecule has 2 atom stereocenters. The number of hydrogen-bond acceptors (Lipinski definition) is 6. The van der Waals surface area contributed by atoms with Crippen LogP contribution in [0.15, 0.2) is 47.5 Å². The van der Waals surface area contributed by atoms with Gasteiger partial charge in [0.1, 0.15) is 5.82 Å². The summed E-state index contributed by atoms with van der Waals surface area (Å²) in [6.45, 7) is 3.54. The van der Waals surface area contributed by atoms with Gasteiger partial charge in [0, 0.05) is 57.3 Å². The molecule has 1 aromatic heterocycles. The number of nitrogens with zero attached hydrogens (tertiary/aromatic N) is 6. The molecule has 4 heterocycles. The van der Waals surface area contributed by atoms with Crippen molar-refractivity contribution in [3.8, 4) is 0 Å². The van der Waals surface area contributed by atoms with Crippen LogP contribution >= 0.6 is 0 Å². The average molecular weight is 565 g/mol. The summed E-state index contributed by atoms with van der Waals surface area (Å²) >= 11 is 0. The molecule has 4 fully saturated rings. The molecule has 1 aliphatic carbocycles. The van der Waals surface area contributed by atoms with E-state index in [2.05, 4.69) is 9.88 Å². The predicted molar refractivity (Wildman–Crippen MR) is 153 cm³/mol. The Kier molecular flexibility index (Phi) is 7.39. The highest BCUT2D eigenvalue weighted by molar-refractivity contribution is 5.76. The monoisotopic (exact) mass is 564 g/mol. The predicted octanol–water partition coefficient (Wildman–Crippen LogP) is 3.00. The van der Waals surface area contributed by atoms with Crippen molar-refractivity contribution < 1.29 is 19.8 Å². The zero-order valence-corrected chi connectivity index (χ0v) is 23.5. The molecule has 6 rings (SSSR count). The van der Waals surface area contributed by atoms with Gasteiger partial charge in [-0.1, -0.05) is 43.2 Å². The highest BCUT2D eigenvalue weighted by atomic mass is 16.4. The van der Waals surface area contributed by atoms with Crippen molar-refractivity contribution in [2.45, 2.75) is 63.1 Å². The van der Waals surface area contributed by atoms with Crippen LogP contribution in [0.5, 0.6) is 0 Å². The first-order valence-electron chi connectivity index (χ1n) is 14.9.